The summed E-state index contributed by atoms with van der Waals surface area (Å²) in [6, 6.07) is -0.954. The van der Waals surface area contributed by atoms with Gasteiger partial charge in [0.2, 0.25) is 5.60 Å². The molecule has 1 unspecified atom stereocenters. The molecule has 0 aromatic rings. The number of nitrogens with zero attached hydrogens (tertiary/aromatic N) is 1. The van der Waals surface area contributed by atoms with Crippen LogP contribution in [0, 0.1) is 0 Å². The largest absolute Gasteiger partial charge is 0.394 e. The van der Waals surface area contributed by atoms with Gasteiger partial charge in [0.05, 0.1) is 12.8 Å². The zero-order valence-corrected chi connectivity index (χ0v) is 9.98. The molecule has 0 saturated carbocycles. The summed E-state index contributed by atoms with van der Waals surface area (Å²) in [5, 5.41) is 40.8. The van der Waals surface area contributed by atoms with E-state index in [0.717, 1.165) is 0 Å². The Hall–Kier alpha value is -1.39. The number of ether oxygens (including phenoxy) is 1. The van der Waals surface area contributed by atoms with Crippen molar-refractivity contribution < 1.29 is 34.8 Å². The van der Waals surface area contributed by atoms with E-state index >= 15 is 0 Å². The maximum atomic E-state index is 11.8. The van der Waals surface area contributed by atoms with E-state index in [9.17, 15) is 24.9 Å². The van der Waals surface area contributed by atoms with Crippen LogP contribution in [0.1, 0.15) is 6.92 Å². The van der Waals surface area contributed by atoms with Gasteiger partial charge in [0.25, 0.3) is 5.91 Å². The van der Waals surface area contributed by atoms with E-state index in [0.29, 0.717) is 6.21 Å². The first kappa shape index (κ1) is 14.0. The highest BCUT2D eigenvalue weighted by Crippen LogP contribution is 2.39. The van der Waals surface area contributed by atoms with Crippen molar-refractivity contribution in [1.82, 2.24) is 5.32 Å². The van der Waals surface area contributed by atoms with Crippen LogP contribution in [0.15, 0.2) is 4.99 Å². The maximum Gasteiger partial charge on any atom is 0.347 e. The Balaban J connectivity index is 2.42. The minimum Gasteiger partial charge on any atom is -0.394 e. The van der Waals surface area contributed by atoms with Crippen LogP contribution in [0.25, 0.3) is 0 Å². The fraction of sp³-hybridized carbons (Fsp3) is 0.700. The average molecular weight is 274 g/mol. The number of aliphatic hydroxyl groups is 4. The maximum absolute atomic E-state index is 11.8. The predicted molar refractivity (Wildman–Crippen MR) is 59.4 cm³/mol. The quantitative estimate of drug-likeness (QED) is 0.358. The predicted octanol–water partition coefficient (Wildman–Crippen LogP) is -3.09. The van der Waals surface area contributed by atoms with Gasteiger partial charge in [-0.05, 0) is 6.92 Å². The molecule has 0 spiro atoms. The van der Waals surface area contributed by atoms with Crippen molar-refractivity contribution >= 4 is 18.2 Å². The Kier molecular flexibility index (Phi) is 3.19. The number of aliphatic imine (C=N–C) groups is 1. The Morgan fingerprint density at radius 1 is 1.47 bits per heavy atom. The first-order chi connectivity index (χ1) is 8.76. The van der Waals surface area contributed by atoms with Crippen LogP contribution in [-0.2, 0) is 9.53 Å². The molecule has 2 aliphatic rings. The van der Waals surface area contributed by atoms with Crippen molar-refractivity contribution in [3.8, 4) is 0 Å². The molecule has 3 amide bonds. The van der Waals surface area contributed by atoms with E-state index < -0.39 is 48.1 Å². The summed E-state index contributed by atoms with van der Waals surface area (Å²) in [5.41, 5.74) is -4.39. The lowest BCUT2D eigenvalue weighted by molar-refractivity contribution is -0.180. The molecule has 1 saturated heterocycles. The molecule has 0 aromatic carbocycles. The fourth-order valence-electron chi connectivity index (χ4n) is 2.23. The van der Waals surface area contributed by atoms with Gasteiger partial charge in [-0.15, -0.1) is 0 Å². The molecule has 0 bridgehead atoms. The van der Waals surface area contributed by atoms with Gasteiger partial charge < -0.3 is 25.2 Å². The van der Waals surface area contributed by atoms with Gasteiger partial charge in [-0.2, -0.15) is 0 Å². The second kappa shape index (κ2) is 4.32. The van der Waals surface area contributed by atoms with Gasteiger partial charge in [0, 0.05) is 0 Å². The molecule has 5 atom stereocenters. The number of nitrogens with one attached hydrogen (secondary N) is 1. The number of imide groups is 1. The Labute approximate surface area is 107 Å². The number of carbonyl (C=O) groups is 2. The second-order valence-corrected chi connectivity index (χ2v) is 4.67. The minimum absolute atomic E-state index is 0.610. The Bertz CT molecular complexity index is 453. The van der Waals surface area contributed by atoms with Crippen LogP contribution in [0.2, 0.25) is 0 Å². The van der Waals surface area contributed by atoms with Crippen LogP contribution >= 0.6 is 0 Å². The monoisotopic (exact) mass is 274 g/mol. The Morgan fingerprint density at radius 3 is 2.58 bits per heavy atom. The molecule has 2 rings (SSSR count). The van der Waals surface area contributed by atoms with Gasteiger partial charge in [0.1, 0.15) is 23.9 Å². The van der Waals surface area contributed by atoms with Crippen LogP contribution in [0.4, 0.5) is 4.79 Å². The van der Waals surface area contributed by atoms with Gasteiger partial charge in [-0.3, -0.25) is 10.1 Å². The normalized spacial score (nSPS) is 46.5. The first-order valence-electron chi connectivity index (χ1n) is 5.54. The molecular weight excluding hydrogens is 260 g/mol. The lowest BCUT2D eigenvalue weighted by Gasteiger charge is -2.40. The SMILES string of the molecule is C[C@@]1(C2(O)C=NC(=O)NC2=O)O[C@H](CO)[C@@H](O)[C@H]1O. The summed E-state index contributed by atoms with van der Waals surface area (Å²) in [6.07, 6.45) is -3.65. The zero-order valence-electron chi connectivity index (χ0n) is 9.98. The van der Waals surface area contributed by atoms with Crippen molar-refractivity contribution in [3.05, 3.63) is 0 Å². The molecule has 0 aliphatic carbocycles. The summed E-state index contributed by atoms with van der Waals surface area (Å²) in [7, 11) is 0. The summed E-state index contributed by atoms with van der Waals surface area (Å²) < 4.78 is 5.21. The number of amides is 3. The highest BCUT2D eigenvalue weighted by Gasteiger charge is 2.65. The highest BCUT2D eigenvalue weighted by molar-refractivity contribution is 6.15. The van der Waals surface area contributed by atoms with Gasteiger partial charge in [0.15, 0.2) is 0 Å². The van der Waals surface area contributed by atoms with Crippen molar-refractivity contribution in [3.63, 3.8) is 0 Å². The standard InChI is InChI=1S/C10H14N2O7/c1-9(6(15)5(14)4(2-13)19-9)10(18)3-11-8(17)12-7(10)16/h3-6,13-15,18H,2H2,1H3,(H,12,16,17)/t4-,5-,6-,9-,10?/m1/s1. The van der Waals surface area contributed by atoms with Crippen molar-refractivity contribution in [1.29, 1.82) is 0 Å². The molecule has 1 fully saturated rings. The fourth-order valence-corrected chi connectivity index (χ4v) is 2.23. The molecule has 0 radical (unpaired) electrons. The molecule has 19 heavy (non-hydrogen) atoms. The number of hydrogen-bond donors (Lipinski definition) is 5. The molecule has 9 nitrogen and oxygen atoms in total. The second-order valence-electron chi connectivity index (χ2n) is 4.67. The first-order valence-corrected chi connectivity index (χ1v) is 5.54. The lowest BCUT2D eigenvalue weighted by Crippen LogP contribution is -2.69. The molecule has 5 N–H and O–H groups in total. The summed E-state index contributed by atoms with van der Waals surface area (Å²) in [6.45, 7) is 0.569. The third kappa shape index (κ3) is 1.78. The number of carbonyl (C=O) groups excluding carboxylic acids is 2. The number of rotatable bonds is 2. The average Bonchev–Trinajstić information content (AvgIpc) is 2.60. The molecule has 106 valence electrons. The van der Waals surface area contributed by atoms with E-state index in [1.807, 2.05) is 0 Å². The van der Waals surface area contributed by atoms with E-state index in [1.54, 1.807) is 5.32 Å². The molecule has 0 aromatic heterocycles. The molecule has 9 heteroatoms. The van der Waals surface area contributed by atoms with E-state index in [-0.39, 0.29) is 0 Å². The molecule has 2 aliphatic heterocycles. The summed E-state index contributed by atoms with van der Waals surface area (Å²) in [4.78, 5) is 25.9. The van der Waals surface area contributed by atoms with Crippen LogP contribution in [-0.4, -0.2) is 74.7 Å². The van der Waals surface area contributed by atoms with Crippen molar-refractivity contribution in [2.45, 2.75) is 36.4 Å². The smallest absolute Gasteiger partial charge is 0.347 e. The summed E-state index contributed by atoms with van der Waals surface area (Å²) >= 11 is 0. The molecule has 2 heterocycles. The van der Waals surface area contributed by atoms with E-state index in [4.69, 9.17) is 9.84 Å². The van der Waals surface area contributed by atoms with Crippen LogP contribution in [0.3, 0.4) is 0 Å². The van der Waals surface area contributed by atoms with Crippen LogP contribution in [0.5, 0.6) is 0 Å². The number of aliphatic hydroxyl groups excluding tert-OH is 3. The van der Waals surface area contributed by atoms with Crippen molar-refractivity contribution in [2.75, 3.05) is 6.61 Å². The number of hydrogen-bond acceptors (Lipinski definition) is 7. The third-order valence-corrected chi connectivity index (χ3v) is 3.54. The highest BCUT2D eigenvalue weighted by atomic mass is 16.6. The minimum atomic E-state index is -2.44. The van der Waals surface area contributed by atoms with E-state index in [2.05, 4.69) is 4.99 Å². The number of urea groups is 1. The van der Waals surface area contributed by atoms with Crippen LogP contribution < -0.4 is 5.32 Å². The zero-order chi connectivity index (χ0) is 14.4. The topological polar surface area (TPSA) is 149 Å². The van der Waals surface area contributed by atoms with E-state index in [1.165, 1.54) is 6.92 Å². The molecular formula is C10H14N2O7. The van der Waals surface area contributed by atoms with Gasteiger partial charge in [-0.25, -0.2) is 9.79 Å². The Morgan fingerprint density at radius 2 is 2.11 bits per heavy atom. The summed E-state index contributed by atoms with van der Waals surface area (Å²) in [5.74, 6) is -1.13. The third-order valence-electron chi connectivity index (χ3n) is 3.54. The lowest BCUT2D eigenvalue weighted by atomic mass is 9.79. The van der Waals surface area contributed by atoms with Crippen molar-refractivity contribution in [2.24, 2.45) is 4.99 Å². The van der Waals surface area contributed by atoms with Gasteiger partial charge >= 0.3 is 6.03 Å². The van der Waals surface area contributed by atoms with Gasteiger partial charge in [-0.1, -0.05) is 0 Å².